The molecule has 0 aliphatic carbocycles. The van der Waals surface area contributed by atoms with Gasteiger partial charge in [-0.3, -0.25) is 0 Å². The van der Waals surface area contributed by atoms with Gasteiger partial charge in [0.05, 0.1) is 6.61 Å². The molecule has 1 fully saturated rings. The van der Waals surface area contributed by atoms with Crippen LogP contribution >= 0.6 is 0 Å². The van der Waals surface area contributed by atoms with Crippen molar-refractivity contribution in [3.8, 4) is 0 Å². The highest BCUT2D eigenvalue weighted by molar-refractivity contribution is 5.46. The lowest BCUT2D eigenvalue weighted by Gasteiger charge is -2.35. The summed E-state index contributed by atoms with van der Waals surface area (Å²) in [6.45, 7) is 5.36. The Morgan fingerprint density at radius 2 is 1.95 bits per heavy atom. The van der Waals surface area contributed by atoms with E-state index in [4.69, 9.17) is 4.74 Å². The fourth-order valence-electron chi connectivity index (χ4n) is 3.04. The average Bonchev–Trinajstić information content (AvgIpc) is 2.49. The first kappa shape index (κ1) is 15.3. The van der Waals surface area contributed by atoms with Gasteiger partial charge in [-0.25, -0.2) is 0 Å². The van der Waals surface area contributed by atoms with Crippen molar-refractivity contribution in [3.63, 3.8) is 0 Å². The number of anilines is 1. The van der Waals surface area contributed by atoms with Crippen molar-refractivity contribution < 1.29 is 4.74 Å². The molecule has 0 radical (unpaired) electrons. The van der Waals surface area contributed by atoms with E-state index in [1.54, 1.807) is 7.11 Å². The summed E-state index contributed by atoms with van der Waals surface area (Å²) in [7, 11) is 1.79. The lowest BCUT2D eigenvalue weighted by Crippen LogP contribution is -2.47. The van der Waals surface area contributed by atoms with Crippen molar-refractivity contribution >= 4 is 5.69 Å². The van der Waals surface area contributed by atoms with Gasteiger partial charge in [0.25, 0.3) is 0 Å². The van der Waals surface area contributed by atoms with E-state index in [2.05, 4.69) is 47.5 Å². The molecule has 0 bridgehead atoms. The molecule has 1 N–H and O–H groups in total. The molecule has 1 aromatic carbocycles. The third-order valence-corrected chi connectivity index (χ3v) is 4.09. The smallest absolute Gasteiger partial charge is 0.0615 e. The van der Waals surface area contributed by atoms with Gasteiger partial charge in [0, 0.05) is 38.0 Å². The number of hydrogen-bond acceptors (Lipinski definition) is 3. The summed E-state index contributed by atoms with van der Waals surface area (Å²) >= 11 is 0. The predicted molar refractivity (Wildman–Crippen MR) is 85.4 cm³/mol. The summed E-state index contributed by atoms with van der Waals surface area (Å²) in [4.78, 5) is 2.49. The number of hydrogen-bond donors (Lipinski definition) is 1. The minimum Gasteiger partial charge on any atom is -0.383 e. The van der Waals surface area contributed by atoms with Gasteiger partial charge in [-0.15, -0.1) is 0 Å². The number of para-hydroxylation sites is 1. The zero-order chi connectivity index (χ0) is 14.2. The Morgan fingerprint density at radius 3 is 2.55 bits per heavy atom. The van der Waals surface area contributed by atoms with Crippen LogP contribution in [0.2, 0.25) is 0 Å². The molecule has 0 amide bonds. The molecule has 0 spiro atoms. The molecule has 1 unspecified atom stereocenters. The molecular formula is C17H28N2O. The summed E-state index contributed by atoms with van der Waals surface area (Å²) in [5, 5.41) is 3.78. The van der Waals surface area contributed by atoms with Crippen LogP contribution in [0.5, 0.6) is 0 Å². The van der Waals surface area contributed by atoms with Crippen LogP contribution in [-0.4, -0.2) is 38.9 Å². The lowest BCUT2D eigenvalue weighted by molar-refractivity contribution is 0.153. The molecule has 2 rings (SSSR count). The molecular weight excluding hydrogens is 248 g/mol. The van der Waals surface area contributed by atoms with E-state index in [1.807, 2.05) is 0 Å². The topological polar surface area (TPSA) is 24.5 Å². The summed E-state index contributed by atoms with van der Waals surface area (Å²) in [5.41, 5.74) is 1.35. The fraction of sp³-hybridized carbons (Fsp3) is 0.647. The predicted octanol–water partition coefficient (Wildman–Crippen LogP) is 3.06. The third-order valence-electron chi connectivity index (χ3n) is 4.09. The minimum atomic E-state index is 0.512. The maximum Gasteiger partial charge on any atom is 0.0615 e. The summed E-state index contributed by atoms with van der Waals surface area (Å²) in [6, 6.07) is 11.9. The molecule has 1 heterocycles. The van der Waals surface area contributed by atoms with Crippen LogP contribution in [-0.2, 0) is 4.74 Å². The normalized spacial score (nSPS) is 18.2. The average molecular weight is 276 g/mol. The van der Waals surface area contributed by atoms with Crippen LogP contribution in [0.1, 0.15) is 32.6 Å². The Hall–Kier alpha value is -1.06. The number of benzene rings is 1. The molecule has 1 aliphatic rings. The summed E-state index contributed by atoms with van der Waals surface area (Å²) < 4.78 is 5.32. The Labute approximate surface area is 123 Å². The van der Waals surface area contributed by atoms with Gasteiger partial charge in [0.15, 0.2) is 0 Å². The molecule has 1 aromatic rings. The Bertz CT molecular complexity index is 355. The van der Waals surface area contributed by atoms with Crippen LogP contribution in [0.3, 0.4) is 0 Å². The highest BCUT2D eigenvalue weighted by atomic mass is 16.5. The van der Waals surface area contributed by atoms with E-state index in [0.29, 0.717) is 12.1 Å². The SMILES string of the molecule is CCCC(COC)NC1CCN(c2ccccc2)CC1. The Morgan fingerprint density at radius 1 is 1.25 bits per heavy atom. The van der Waals surface area contributed by atoms with Crippen molar-refractivity contribution in [3.05, 3.63) is 30.3 Å². The second-order valence-electron chi connectivity index (χ2n) is 5.70. The molecule has 3 heteroatoms. The van der Waals surface area contributed by atoms with Crippen LogP contribution in [0.25, 0.3) is 0 Å². The van der Waals surface area contributed by atoms with Crippen molar-refractivity contribution in [2.24, 2.45) is 0 Å². The third kappa shape index (κ3) is 4.50. The Balaban J connectivity index is 1.79. The van der Waals surface area contributed by atoms with Crippen LogP contribution in [0, 0.1) is 0 Å². The van der Waals surface area contributed by atoms with E-state index in [1.165, 1.54) is 31.4 Å². The van der Waals surface area contributed by atoms with Crippen LogP contribution in [0.4, 0.5) is 5.69 Å². The second-order valence-corrected chi connectivity index (χ2v) is 5.70. The first-order valence-electron chi connectivity index (χ1n) is 7.88. The van der Waals surface area contributed by atoms with E-state index in [0.717, 1.165) is 19.7 Å². The second kappa shape index (κ2) is 8.28. The van der Waals surface area contributed by atoms with Gasteiger partial charge in [0.2, 0.25) is 0 Å². The number of rotatable bonds is 7. The van der Waals surface area contributed by atoms with Gasteiger partial charge < -0.3 is 15.0 Å². The maximum absolute atomic E-state index is 5.32. The monoisotopic (exact) mass is 276 g/mol. The van der Waals surface area contributed by atoms with E-state index in [-0.39, 0.29) is 0 Å². The van der Waals surface area contributed by atoms with Crippen molar-refractivity contribution in [1.82, 2.24) is 5.32 Å². The van der Waals surface area contributed by atoms with Gasteiger partial charge >= 0.3 is 0 Å². The van der Waals surface area contributed by atoms with Crippen molar-refractivity contribution in [1.29, 1.82) is 0 Å². The molecule has 0 aromatic heterocycles. The van der Waals surface area contributed by atoms with E-state index >= 15 is 0 Å². The van der Waals surface area contributed by atoms with E-state index < -0.39 is 0 Å². The quantitative estimate of drug-likeness (QED) is 0.828. The first-order valence-corrected chi connectivity index (χ1v) is 7.88. The standard InChI is InChI=1S/C17H28N2O/c1-3-7-16(14-20-2)18-15-10-12-19(13-11-15)17-8-5-4-6-9-17/h4-6,8-9,15-16,18H,3,7,10-14H2,1-2H3. The molecule has 0 saturated carbocycles. The van der Waals surface area contributed by atoms with Crippen LogP contribution in [0.15, 0.2) is 30.3 Å². The number of nitrogens with zero attached hydrogens (tertiary/aromatic N) is 1. The molecule has 1 atom stereocenters. The fourth-order valence-corrected chi connectivity index (χ4v) is 3.04. The molecule has 20 heavy (non-hydrogen) atoms. The van der Waals surface area contributed by atoms with E-state index in [9.17, 15) is 0 Å². The largest absolute Gasteiger partial charge is 0.383 e. The number of piperidine rings is 1. The number of nitrogens with one attached hydrogen (secondary N) is 1. The van der Waals surface area contributed by atoms with Gasteiger partial charge in [-0.1, -0.05) is 31.5 Å². The maximum atomic E-state index is 5.32. The number of ether oxygens (including phenoxy) is 1. The van der Waals surface area contributed by atoms with Crippen molar-refractivity contribution in [2.75, 3.05) is 31.7 Å². The highest BCUT2D eigenvalue weighted by Crippen LogP contribution is 2.20. The minimum absolute atomic E-state index is 0.512. The highest BCUT2D eigenvalue weighted by Gasteiger charge is 2.21. The van der Waals surface area contributed by atoms with Crippen molar-refractivity contribution in [2.45, 2.75) is 44.7 Å². The summed E-state index contributed by atoms with van der Waals surface area (Å²) in [6.07, 6.45) is 4.86. The molecule has 1 aliphatic heterocycles. The summed E-state index contributed by atoms with van der Waals surface area (Å²) in [5.74, 6) is 0. The lowest BCUT2D eigenvalue weighted by atomic mass is 10.0. The molecule has 112 valence electrons. The molecule has 3 nitrogen and oxygen atoms in total. The van der Waals surface area contributed by atoms with Gasteiger partial charge in [-0.2, -0.15) is 0 Å². The first-order chi connectivity index (χ1) is 9.83. The Kier molecular flexibility index (Phi) is 6.34. The van der Waals surface area contributed by atoms with Crippen LogP contribution < -0.4 is 10.2 Å². The van der Waals surface area contributed by atoms with Gasteiger partial charge in [-0.05, 0) is 31.4 Å². The zero-order valence-electron chi connectivity index (χ0n) is 12.8. The zero-order valence-corrected chi connectivity index (χ0v) is 12.8. The van der Waals surface area contributed by atoms with Gasteiger partial charge in [0.1, 0.15) is 0 Å². The number of methoxy groups -OCH3 is 1. The molecule has 1 saturated heterocycles.